The highest BCUT2D eigenvalue weighted by Crippen LogP contribution is 2.28. The van der Waals surface area contributed by atoms with Crippen LogP contribution in [0.2, 0.25) is 0 Å². The number of hydrogen-bond acceptors (Lipinski definition) is 2. The van der Waals surface area contributed by atoms with Gasteiger partial charge in [-0.3, -0.25) is 4.79 Å². The van der Waals surface area contributed by atoms with Gasteiger partial charge in [0.15, 0.2) is 6.29 Å². The van der Waals surface area contributed by atoms with Crippen molar-refractivity contribution in [1.29, 1.82) is 0 Å². The predicted octanol–water partition coefficient (Wildman–Crippen LogP) is 3.37. The third kappa shape index (κ3) is 1.46. The van der Waals surface area contributed by atoms with Gasteiger partial charge in [0.05, 0.1) is 5.56 Å². The zero-order chi connectivity index (χ0) is 9.97. The molecule has 1 heterocycles. The summed E-state index contributed by atoms with van der Waals surface area (Å²) in [6.45, 7) is 0. The molecule has 70 valence electrons. The molecule has 0 amide bonds. The zero-order valence-corrected chi connectivity index (χ0v) is 8.05. The highest BCUT2D eigenvalue weighted by atomic mass is 32.1. The summed E-state index contributed by atoms with van der Waals surface area (Å²) in [5, 5.41) is 1.90. The number of carbonyl (C=O) groups is 1. The lowest BCUT2D eigenvalue weighted by Gasteiger charge is -2.01. The van der Waals surface area contributed by atoms with Crippen molar-refractivity contribution in [2.24, 2.45) is 0 Å². The van der Waals surface area contributed by atoms with E-state index in [-0.39, 0.29) is 5.56 Å². The minimum atomic E-state index is -0.467. The molecule has 1 aromatic carbocycles. The molecule has 1 nitrogen and oxygen atoms in total. The number of aldehydes is 1. The number of halogens is 1. The van der Waals surface area contributed by atoms with Crippen LogP contribution in [0.25, 0.3) is 10.4 Å². The summed E-state index contributed by atoms with van der Waals surface area (Å²) in [5.74, 6) is -0.467. The van der Waals surface area contributed by atoms with Gasteiger partial charge in [-0.15, -0.1) is 11.3 Å². The van der Waals surface area contributed by atoms with Crippen LogP contribution in [0.15, 0.2) is 35.7 Å². The van der Waals surface area contributed by atoms with Crippen LogP contribution in [-0.2, 0) is 0 Å². The Balaban J connectivity index is 2.64. The Morgan fingerprint density at radius 1 is 1.21 bits per heavy atom. The Hall–Kier alpha value is -1.48. The van der Waals surface area contributed by atoms with Crippen molar-refractivity contribution in [1.82, 2.24) is 0 Å². The van der Waals surface area contributed by atoms with Crippen molar-refractivity contribution in [2.45, 2.75) is 0 Å². The van der Waals surface area contributed by atoms with E-state index < -0.39 is 5.82 Å². The summed E-state index contributed by atoms with van der Waals surface area (Å²) in [4.78, 5) is 11.6. The Labute approximate surface area is 84.8 Å². The second-order valence-corrected chi connectivity index (χ2v) is 3.74. The topological polar surface area (TPSA) is 17.1 Å². The molecular weight excluding hydrogens is 199 g/mol. The number of rotatable bonds is 2. The van der Waals surface area contributed by atoms with E-state index in [2.05, 4.69) is 0 Å². The monoisotopic (exact) mass is 206 g/mol. The number of benzene rings is 1. The first kappa shape index (κ1) is 9.09. The first-order chi connectivity index (χ1) is 6.83. The Morgan fingerprint density at radius 3 is 2.71 bits per heavy atom. The van der Waals surface area contributed by atoms with E-state index in [1.165, 1.54) is 17.4 Å². The van der Waals surface area contributed by atoms with Gasteiger partial charge in [0, 0.05) is 10.4 Å². The fourth-order valence-electron chi connectivity index (χ4n) is 1.30. The summed E-state index contributed by atoms with van der Waals surface area (Å²) in [6, 6.07) is 8.39. The molecule has 0 radical (unpaired) electrons. The van der Waals surface area contributed by atoms with Gasteiger partial charge in [-0.1, -0.05) is 18.2 Å². The third-order valence-electron chi connectivity index (χ3n) is 1.96. The maximum absolute atomic E-state index is 13.2. The fraction of sp³-hybridized carbons (Fsp3) is 0. The predicted molar refractivity (Wildman–Crippen MR) is 55.1 cm³/mol. The second-order valence-electron chi connectivity index (χ2n) is 2.80. The van der Waals surface area contributed by atoms with Gasteiger partial charge < -0.3 is 0 Å². The van der Waals surface area contributed by atoms with E-state index in [0.29, 0.717) is 11.8 Å². The summed E-state index contributed by atoms with van der Waals surface area (Å²) < 4.78 is 13.2. The van der Waals surface area contributed by atoms with Crippen LogP contribution < -0.4 is 0 Å². The molecule has 1 aromatic heterocycles. The second kappa shape index (κ2) is 3.72. The van der Waals surface area contributed by atoms with E-state index in [9.17, 15) is 9.18 Å². The molecule has 14 heavy (non-hydrogen) atoms. The van der Waals surface area contributed by atoms with E-state index in [0.717, 1.165) is 4.88 Å². The standard InChI is InChI=1S/C11H7FOS/c12-10-4-1-3-8(9(10)7-13)11-5-2-6-14-11/h1-7H. The first-order valence-electron chi connectivity index (χ1n) is 4.10. The van der Waals surface area contributed by atoms with Crippen molar-refractivity contribution in [2.75, 3.05) is 0 Å². The lowest BCUT2D eigenvalue weighted by atomic mass is 10.1. The molecule has 0 aliphatic heterocycles. The fourth-order valence-corrected chi connectivity index (χ4v) is 2.07. The molecule has 0 aliphatic rings. The molecule has 0 unspecified atom stereocenters. The van der Waals surface area contributed by atoms with Gasteiger partial charge in [-0.05, 0) is 17.5 Å². The van der Waals surface area contributed by atoms with Crippen molar-refractivity contribution in [3.8, 4) is 10.4 Å². The Bertz CT molecular complexity index is 448. The smallest absolute Gasteiger partial charge is 0.153 e. The molecule has 0 N–H and O–H groups in total. The van der Waals surface area contributed by atoms with E-state index in [1.807, 2.05) is 17.5 Å². The van der Waals surface area contributed by atoms with E-state index in [1.54, 1.807) is 12.1 Å². The van der Waals surface area contributed by atoms with Crippen LogP contribution in [0.1, 0.15) is 10.4 Å². The number of thiophene rings is 1. The molecule has 2 rings (SSSR count). The van der Waals surface area contributed by atoms with Crippen molar-refractivity contribution in [3.05, 3.63) is 47.1 Å². The molecular formula is C11H7FOS. The van der Waals surface area contributed by atoms with E-state index >= 15 is 0 Å². The molecule has 0 bridgehead atoms. The molecule has 0 spiro atoms. The summed E-state index contributed by atoms with van der Waals surface area (Å²) in [6.07, 6.45) is 0.560. The highest BCUT2D eigenvalue weighted by molar-refractivity contribution is 7.13. The molecule has 0 saturated carbocycles. The third-order valence-corrected chi connectivity index (χ3v) is 2.86. The van der Waals surface area contributed by atoms with Crippen LogP contribution in [0.3, 0.4) is 0 Å². The summed E-state index contributed by atoms with van der Waals surface area (Å²) >= 11 is 1.49. The van der Waals surface area contributed by atoms with E-state index in [4.69, 9.17) is 0 Å². The van der Waals surface area contributed by atoms with Gasteiger partial charge in [0.2, 0.25) is 0 Å². The first-order valence-corrected chi connectivity index (χ1v) is 4.98. The van der Waals surface area contributed by atoms with Crippen molar-refractivity contribution < 1.29 is 9.18 Å². The average Bonchev–Trinajstić information content (AvgIpc) is 2.70. The molecule has 0 atom stereocenters. The maximum atomic E-state index is 13.2. The minimum absolute atomic E-state index is 0.134. The normalized spacial score (nSPS) is 10.1. The maximum Gasteiger partial charge on any atom is 0.153 e. The Kier molecular flexibility index (Phi) is 2.41. The van der Waals surface area contributed by atoms with Gasteiger partial charge in [0.25, 0.3) is 0 Å². The molecule has 2 aromatic rings. The number of carbonyl (C=O) groups excluding carboxylic acids is 1. The Morgan fingerprint density at radius 2 is 2.07 bits per heavy atom. The summed E-state index contributed by atoms with van der Waals surface area (Å²) in [5.41, 5.74) is 0.796. The quantitative estimate of drug-likeness (QED) is 0.688. The lowest BCUT2D eigenvalue weighted by Crippen LogP contribution is -1.90. The van der Waals surface area contributed by atoms with Crippen molar-refractivity contribution in [3.63, 3.8) is 0 Å². The molecule has 0 aliphatic carbocycles. The number of hydrogen-bond donors (Lipinski definition) is 0. The SMILES string of the molecule is O=Cc1c(F)cccc1-c1cccs1. The van der Waals surface area contributed by atoms with Gasteiger partial charge in [-0.2, -0.15) is 0 Å². The highest BCUT2D eigenvalue weighted by Gasteiger charge is 2.09. The van der Waals surface area contributed by atoms with Crippen molar-refractivity contribution >= 4 is 17.6 Å². The van der Waals surface area contributed by atoms with Gasteiger partial charge in [0.1, 0.15) is 5.82 Å². The van der Waals surface area contributed by atoms with Gasteiger partial charge >= 0.3 is 0 Å². The van der Waals surface area contributed by atoms with Crippen LogP contribution in [0.4, 0.5) is 4.39 Å². The molecule has 0 fully saturated rings. The zero-order valence-electron chi connectivity index (χ0n) is 7.24. The van der Waals surface area contributed by atoms with Crippen LogP contribution in [-0.4, -0.2) is 6.29 Å². The molecule has 3 heteroatoms. The largest absolute Gasteiger partial charge is 0.298 e. The van der Waals surface area contributed by atoms with Gasteiger partial charge in [-0.25, -0.2) is 4.39 Å². The van der Waals surface area contributed by atoms with Crippen LogP contribution >= 0.6 is 11.3 Å². The summed E-state index contributed by atoms with van der Waals surface area (Å²) in [7, 11) is 0. The van der Waals surface area contributed by atoms with Crippen LogP contribution in [0.5, 0.6) is 0 Å². The lowest BCUT2D eigenvalue weighted by molar-refractivity contribution is 0.112. The molecule has 0 saturated heterocycles. The average molecular weight is 206 g/mol. The van der Waals surface area contributed by atoms with Crippen LogP contribution in [0, 0.1) is 5.82 Å². The minimum Gasteiger partial charge on any atom is -0.298 e.